The first kappa shape index (κ1) is 18.6. The van der Waals surface area contributed by atoms with Gasteiger partial charge < -0.3 is 9.38 Å². The van der Waals surface area contributed by atoms with Gasteiger partial charge in [0.2, 0.25) is 0 Å². The Bertz CT molecular complexity index is 258. The molecule has 0 spiro atoms. The lowest BCUT2D eigenvalue weighted by Gasteiger charge is -2.35. The number of piperidine rings is 1. The van der Waals surface area contributed by atoms with Gasteiger partial charge in [-0.05, 0) is 65.6 Å². The molecule has 0 saturated carbocycles. The molecule has 0 radical (unpaired) electrons. The van der Waals surface area contributed by atoms with Gasteiger partial charge in [-0.3, -0.25) is 4.79 Å². The smallest absolute Gasteiger partial charge is 0.174 e. The topological polar surface area (TPSA) is 20.3 Å². The van der Waals surface area contributed by atoms with E-state index in [0.29, 0.717) is 6.54 Å². The first-order chi connectivity index (χ1) is 10.3. The molecule has 0 aromatic heterocycles. The van der Waals surface area contributed by atoms with Gasteiger partial charge in [0, 0.05) is 0 Å². The summed E-state index contributed by atoms with van der Waals surface area (Å²) in [5.74, 6) is 0. The van der Waals surface area contributed by atoms with Crippen LogP contribution in [0.4, 0.5) is 0 Å². The molecule has 1 aliphatic heterocycles. The van der Waals surface area contributed by atoms with E-state index in [0.717, 1.165) is 23.9 Å². The lowest BCUT2D eigenvalue weighted by Crippen LogP contribution is -2.49. The predicted octanol–water partition coefficient (Wildman–Crippen LogP) is 3.48. The number of nitrogens with zero attached hydrogens (tertiary/aromatic N) is 2. The average Bonchev–Trinajstić information content (AvgIpc) is 2.54. The Labute approximate surface area is 132 Å². The second-order valence-corrected chi connectivity index (χ2v) is 6.72. The molecule has 0 amide bonds. The van der Waals surface area contributed by atoms with Gasteiger partial charge in [0.15, 0.2) is 6.29 Å². The minimum Gasteiger partial charge on any atom is -0.318 e. The third-order valence-electron chi connectivity index (χ3n) is 5.36. The van der Waals surface area contributed by atoms with Crippen LogP contribution in [-0.4, -0.2) is 61.5 Å². The van der Waals surface area contributed by atoms with Crippen LogP contribution >= 0.6 is 0 Å². The minimum atomic E-state index is 0.696. The molecule has 1 saturated heterocycles. The van der Waals surface area contributed by atoms with Crippen molar-refractivity contribution in [1.29, 1.82) is 0 Å². The highest BCUT2D eigenvalue weighted by atomic mass is 16.1. The summed E-state index contributed by atoms with van der Waals surface area (Å²) >= 11 is 0. The van der Waals surface area contributed by atoms with Crippen molar-refractivity contribution in [2.75, 3.05) is 45.8 Å². The van der Waals surface area contributed by atoms with Crippen molar-refractivity contribution in [3.05, 3.63) is 0 Å². The summed E-state index contributed by atoms with van der Waals surface area (Å²) < 4.78 is 0.983. The fourth-order valence-electron chi connectivity index (χ4n) is 3.54. The Morgan fingerprint density at radius 1 is 0.905 bits per heavy atom. The zero-order valence-electron chi connectivity index (χ0n) is 14.5. The molecule has 0 aromatic carbocycles. The van der Waals surface area contributed by atoms with Gasteiger partial charge in [-0.15, -0.1) is 0 Å². The highest BCUT2D eigenvalue weighted by molar-refractivity contribution is 5.50. The minimum absolute atomic E-state index is 0.696. The molecule has 0 N–H and O–H groups in total. The maximum absolute atomic E-state index is 10.8. The standard InChI is InChI=1S/C18H37N2O/c1-3-20(4-2,17-18-21)16-12-7-5-6-9-13-19-14-10-8-11-15-19/h18H,3-17H2,1-2H3/q+1. The first-order valence-corrected chi connectivity index (χ1v) is 9.27. The van der Waals surface area contributed by atoms with Gasteiger partial charge in [-0.2, -0.15) is 0 Å². The highest BCUT2D eigenvalue weighted by Crippen LogP contribution is 2.13. The summed E-state index contributed by atoms with van der Waals surface area (Å²) in [6.45, 7) is 12.5. The molecule has 0 aromatic rings. The van der Waals surface area contributed by atoms with Crippen LogP contribution in [0.15, 0.2) is 0 Å². The van der Waals surface area contributed by atoms with Crippen molar-refractivity contribution >= 4 is 6.29 Å². The van der Waals surface area contributed by atoms with E-state index < -0.39 is 0 Å². The number of rotatable bonds is 12. The molecule has 1 fully saturated rings. The van der Waals surface area contributed by atoms with Gasteiger partial charge in [0.25, 0.3) is 0 Å². The van der Waals surface area contributed by atoms with Gasteiger partial charge in [-0.25, -0.2) is 0 Å². The maximum Gasteiger partial charge on any atom is 0.174 e. The molecule has 1 rings (SSSR count). The van der Waals surface area contributed by atoms with Crippen LogP contribution in [0.1, 0.15) is 65.2 Å². The molecule has 1 heterocycles. The first-order valence-electron chi connectivity index (χ1n) is 9.27. The molecular weight excluding hydrogens is 260 g/mol. The maximum atomic E-state index is 10.8. The van der Waals surface area contributed by atoms with E-state index in [4.69, 9.17) is 0 Å². The van der Waals surface area contributed by atoms with E-state index in [1.54, 1.807) is 0 Å². The van der Waals surface area contributed by atoms with Crippen molar-refractivity contribution in [1.82, 2.24) is 4.90 Å². The Balaban J connectivity index is 2.01. The monoisotopic (exact) mass is 297 g/mol. The summed E-state index contributed by atoms with van der Waals surface area (Å²) in [5, 5.41) is 0. The number of quaternary nitrogens is 1. The van der Waals surface area contributed by atoms with Crippen LogP contribution in [0.3, 0.4) is 0 Å². The van der Waals surface area contributed by atoms with Gasteiger partial charge in [0.1, 0.15) is 6.54 Å². The Morgan fingerprint density at radius 2 is 1.52 bits per heavy atom. The lowest BCUT2D eigenvalue weighted by atomic mass is 10.1. The van der Waals surface area contributed by atoms with Crippen LogP contribution in [0, 0.1) is 0 Å². The number of hydrogen-bond donors (Lipinski definition) is 0. The van der Waals surface area contributed by atoms with E-state index in [9.17, 15) is 4.79 Å². The molecule has 0 bridgehead atoms. The lowest BCUT2D eigenvalue weighted by molar-refractivity contribution is -0.917. The third kappa shape index (κ3) is 7.42. The van der Waals surface area contributed by atoms with Gasteiger partial charge in [-0.1, -0.05) is 19.3 Å². The number of hydrogen-bond acceptors (Lipinski definition) is 2. The van der Waals surface area contributed by atoms with E-state index in [1.165, 1.54) is 77.5 Å². The molecule has 3 heteroatoms. The summed E-state index contributed by atoms with van der Waals surface area (Å²) in [4.78, 5) is 13.5. The number of likely N-dealkylation sites (tertiary alicyclic amines) is 1. The van der Waals surface area contributed by atoms with Gasteiger partial charge in [0.05, 0.1) is 19.6 Å². The molecule has 0 aliphatic carbocycles. The van der Waals surface area contributed by atoms with E-state index in [1.807, 2.05) is 0 Å². The number of unbranched alkanes of at least 4 members (excludes halogenated alkanes) is 4. The van der Waals surface area contributed by atoms with Crippen molar-refractivity contribution in [3.8, 4) is 0 Å². The predicted molar refractivity (Wildman–Crippen MR) is 90.5 cm³/mol. The highest BCUT2D eigenvalue weighted by Gasteiger charge is 2.21. The van der Waals surface area contributed by atoms with Crippen LogP contribution in [-0.2, 0) is 4.79 Å². The summed E-state index contributed by atoms with van der Waals surface area (Å²) in [6, 6.07) is 0. The molecule has 21 heavy (non-hydrogen) atoms. The largest absolute Gasteiger partial charge is 0.318 e. The third-order valence-corrected chi connectivity index (χ3v) is 5.36. The van der Waals surface area contributed by atoms with Crippen molar-refractivity contribution < 1.29 is 9.28 Å². The number of carbonyl (C=O) groups excluding carboxylic acids is 1. The Hall–Kier alpha value is -0.410. The van der Waals surface area contributed by atoms with Gasteiger partial charge >= 0.3 is 0 Å². The summed E-state index contributed by atoms with van der Waals surface area (Å²) in [5.41, 5.74) is 0. The molecule has 1 aliphatic rings. The van der Waals surface area contributed by atoms with E-state index in [2.05, 4.69) is 18.7 Å². The summed E-state index contributed by atoms with van der Waals surface area (Å²) in [7, 11) is 0. The van der Waals surface area contributed by atoms with E-state index >= 15 is 0 Å². The van der Waals surface area contributed by atoms with Crippen LogP contribution < -0.4 is 0 Å². The second-order valence-electron chi connectivity index (χ2n) is 6.72. The van der Waals surface area contributed by atoms with Crippen LogP contribution in [0.5, 0.6) is 0 Å². The average molecular weight is 298 g/mol. The zero-order valence-corrected chi connectivity index (χ0v) is 14.5. The quantitative estimate of drug-likeness (QED) is 0.312. The van der Waals surface area contributed by atoms with Crippen LogP contribution in [0.2, 0.25) is 0 Å². The number of likely N-dealkylation sites (N-methyl/N-ethyl adjacent to an activating group) is 1. The second kappa shape index (κ2) is 11.2. The van der Waals surface area contributed by atoms with Crippen molar-refractivity contribution in [2.45, 2.75) is 65.2 Å². The fourth-order valence-corrected chi connectivity index (χ4v) is 3.54. The summed E-state index contributed by atoms with van der Waals surface area (Å²) in [6.07, 6.45) is 12.1. The molecule has 0 atom stereocenters. The molecule has 0 unspecified atom stereocenters. The molecule has 124 valence electrons. The van der Waals surface area contributed by atoms with E-state index in [-0.39, 0.29) is 0 Å². The van der Waals surface area contributed by atoms with Crippen molar-refractivity contribution in [3.63, 3.8) is 0 Å². The molecule has 3 nitrogen and oxygen atoms in total. The molecular formula is C18H37N2O+. The van der Waals surface area contributed by atoms with Crippen molar-refractivity contribution in [2.24, 2.45) is 0 Å². The number of carbonyl (C=O) groups is 1. The zero-order chi connectivity index (χ0) is 15.4. The number of aldehydes is 1. The van der Waals surface area contributed by atoms with Crippen LogP contribution in [0.25, 0.3) is 0 Å². The fraction of sp³-hybridized carbons (Fsp3) is 0.944. The SMILES string of the molecule is CC[N+](CC)(CC=O)CCCCCCCN1CCCCC1. The normalized spacial score (nSPS) is 17.0. The Morgan fingerprint density at radius 3 is 2.14 bits per heavy atom. The Kier molecular flexibility index (Phi) is 9.94.